The van der Waals surface area contributed by atoms with Gasteiger partial charge in [-0.1, -0.05) is 118 Å². The Morgan fingerprint density at radius 3 is 1.09 bits per heavy atom. The zero-order valence-corrected chi connectivity index (χ0v) is 58.4. The van der Waals surface area contributed by atoms with Crippen molar-refractivity contribution in [2.75, 3.05) is 0 Å². The summed E-state index contributed by atoms with van der Waals surface area (Å²) in [7, 11) is 0. The number of rotatable bonds is 10. The highest BCUT2D eigenvalue weighted by atomic mass is 19.2. The third-order valence-electron chi connectivity index (χ3n) is 20.7. The molecule has 0 bridgehead atoms. The van der Waals surface area contributed by atoms with Crippen molar-refractivity contribution in [2.45, 2.75) is 148 Å². The van der Waals surface area contributed by atoms with Gasteiger partial charge in [-0.3, -0.25) is 10.3 Å². The molecule has 2 N–H and O–H groups in total. The van der Waals surface area contributed by atoms with Crippen molar-refractivity contribution in [1.82, 2.24) is 14.8 Å². The fraction of sp³-hybridized carbons (Fsp3) is 0.286. The average Bonchev–Trinajstić information content (AvgIpc) is 1.46. The lowest BCUT2D eigenvalue weighted by atomic mass is 9.28. The lowest BCUT2D eigenvalue weighted by Crippen LogP contribution is -2.77. The van der Waals surface area contributed by atoms with Crippen LogP contribution in [0.3, 0.4) is 0 Å². The molecule has 1 fully saturated rings. The number of imidazole rings is 1. The first-order valence-electron chi connectivity index (χ1n) is 32.7. The molecule has 9 aromatic rings. The second-order valence-corrected chi connectivity index (χ2v) is 28.0. The van der Waals surface area contributed by atoms with Gasteiger partial charge in [0, 0.05) is 25.2 Å². The topological polar surface area (TPSA) is 44.3 Å². The molecule has 0 amide bonds. The van der Waals surface area contributed by atoms with Crippen LogP contribution in [-0.2, 0) is 0 Å². The van der Waals surface area contributed by atoms with Gasteiger partial charge in [-0.2, -0.15) is 0 Å². The normalized spacial score (nSPS) is 16.1. The first-order chi connectivity index (χ1) is 46.7. The summed E-state index contributed by atoms with van der Waals surface area (Å²) in [4.78, 5) is 2.79. The smallest absolute Gasteiger partial charge is 0.412 e. The van der Waals surface area contributed by atoms with Crippen molar-refractivity contribution in [2.24, 2.45) is 0 Å². The number of hydrogen-bond donors (Lipinski definition) is 2. The number of allylic oxidation sites excluding steroid dienone is 2. The van der Waals surface area contributed by atoms with Crippen LogP contribution in [0.4, 0.5) is 65.9 Å². The molecule has 5 nitrogen and oxygen atoms in total. The summed E-state index contributed by atoms with van der Waals surface area (Å²) >= 11 is 0. The monoisotopic (exact) mass is 1390 g/mol. The number of benzene rings is 8. The number of halogens is 15. The number of nitrogens with one attached hydrogen (secondary N) is 1. The number of nitrogens with zero attached hydrogens (tertiary/aromatic N) is 3. The summed E-state index contributed by atoms with van der Waals surface area (Å²) in [6.45, 7) is 42.0. The summed E-state index contributed by atoms with van der Waals surface area (Å²) in [6, 6.07) is 29.2. The van der Waals surface area contributed by atoms with Gasteiger partial charge in [0.25, 0.3) is 6.85 Å². The van der Waals surface area contributed by atoms with E-state index in [1.165, 1.54) is 134 Å². The first kappa shape index (κ1) is 72.7. The number of hydrazine groups is 1. The van der Waals surface area contributed by atoms with E-state index < -0.39 is 116 Å². The Morgan fingerprint density at radius 1 is 0.460 bits per heavy atom. The van der Waals surface area contributed by atoms with E-state index >= 15 is 0 Å². The van der Waals surface area contributed by atoms with Crippen molar-refractivity contribution >= 4 is 58.7 Å². The predicted octanol–water partition coefficient (Wildman–Crippen LogP) is 15.8. The Labute approximate surface area is 572 Å². The fourth-order valence-corrected chi connectivity index (χ4v) is 17.4. The Balaban J connectivity index is 0.000000243. The molecule has 2 aliphatic heterocycles. The summed E-state index contributed by atoms with van der Waals surface area (Å²) < 4.78 is 215. The second-order valence-electron chi connectivity index (χ2n) is 28.0. The predicted molar refractivity (Wildman–Crippen MR) is 366 cm³/mol. The van der Waals surface area contributed by atoms with Crippen LogP contribution < -0.4 is 42.9 Å². The molecule has 2 atom stereocenters. The molecular formula is C77H72B3F15N4O. The molecule has 0 unspecified atom stereocenters. The van der Waals surface area contributed by atoms with Crippen LogP contribution in [0.2, 0.25) is 5.82 Å². The molecule has 0 saturated carbocycles. The largest absolute Gasteiger partial charge is 0.594 e. The van der Waals surface area contributed by atoms with E-state index in [1.807, 2.05) is 0 Å². The minimum Gasteiger partial charge on any atom is -0.594 e. The highest BCUT2D eigenvalue weighted by Gasteiger charge is 2.66. The molecule has 3 aliphatic rings. The maximum absolute atomic E-state index is 14.5. The quantitative estimate of drug-likeness (QED) is 0.0472. The molecule has 520 valence electrons. The summed E-state index contributed by atoms with van der Waals surface area (Å²) in [5, 5.41) is 15.4. The Hall–Kier alpha value is -8.53. The highest BCUT2D eigenvalue weighted by Crippen LogP contribution is 2.57. The number of aryl methyl sites for hydroxylation is 9. The third kappa shape index (κ3) is 10.7. The number of fused-ring (bicyclic) bond motifs is 2. The Bertz CT molecular complexity index is 4650. The fourth-order valence-electron chi connectivity index (χ4n) is 17.4. The van der Waals surface area contributed by atoms with Crippen LogP contribution >= 0.6 is 0 Å². The van der Waals surface area contributed by atoms with E-state index in [0.29, 0.717) is 0 Å². The Morgan fingerprint density at radius 2 is 0.770 bits per heavy atom. The molecule has 0 radical (unpaired) electrons. The van der Waals surface area contributed by atoms with Gasteiger partial charge in [-0.15, -0.1) is 0 Å². The number of hydrogen-bond acceptors (Lipinski definition) is 3. The molecule has 12 rings (SSSR count). The maximum atomic E-state index is 14.5. The van der Waals surface area contributed by atoms with E-state index in [0.717, 1.165) is 0 Å². The SMILES string of the molecule is CC1=CC(C)=C2c3cccc(-c4c(C)cc(C)cc4C)c3B(c3n(C(C)C)c(C)c(C)[n+]3C(C)C)N3NB(c4c(-c5c(C)cc(C)cc5C)cccc4-c4c(C)cc(C)cc4C)[C@H]1[C@]23C.O[B-](c1c(F)c(F)c(F)c(F)c1F)(c1c(F)c(F)c(F)c(F)c1F)c1c(F)c(F)c(F)c(F)c1F. The maximum Gasteiger partial charge on any atom is 0.412 e. The lowest BCUT2D eigenvalue weighted by molar-refractivity contribution is -0.705. The summed E-state index contributed by atoms with van der Waals surface area (Å²) in [5.74, 6) is -47.7. The second kappa shape index (κ2) is 25.8. The van der Waals surface area contributed by atoms with Gasteiger partial charge in [0.15, 0.2) is 52.4 Å². The van der Waals surface area contributed by atoms with E-state index in [4.69, 9.17) is 0 Å². The van der Waals surface area contributed by atoms with Crippen LogP contribution in [0.5, 0.6) is 0 Å². The molecule has 1 saturated heterocycles. The van der Waals surface area contributed by atoms with Gasteiger partial charge in [-0.05, 0) is 205 Å². The van der Waals surface area contributed by atoms with Crippen LogP contribution in [0.1, 0.15) is 128 Å². The molecule has 0 spiro atoms. The minimum atomic E-state index is -6.41. The van der Waals surface area contributed by atoms with Gasteiger partial charge < -0.3 is 5.02 Å². The van der Waals surface area contributed by atoms with E-state index in [2.05, 4.69) is 223 Å². The molecule has 3 heterocycles. The number of aromatic nitrogens is 2. The summed E-state index contributed by atoms with van der Waals surface area (Å²) in [5.41, 5.74) is 22.7. The zero-order chi connectivity index (χ0) is 73.8. The van der Waals surface area contributed by atoms with Crippen molar-refractivity contribution in [1.29, 1.82) is 0 Å². The molecular weight excluding hydrogens is 1310 g/mol. The average molecular weight is 1390 g/mol. The van der Waals surface area contributed by atoms with E-state index in [1.54, 1.807) is 0 Å². The molecule has 100 heavy (non-hydrogen) atoms. The van der Waals surface area contributed by atoms with Crippen LogP contribution in [0.25, 0.3) is 39.0 Å². The van der Waals surface area contributed by atoms with Crippen LogP contribution in [0, 0.1) is 163 Å². The molecule has 23 heteroatoms. The highest BCUT2D eigenvalue weighted by molar-refractivity contribution is 7.06. The van der Waals surface area contributed by atoms with E-state index in [9.17, 15) is 70.9 Å². The minimum absolute atomic E-state index is 0.0500. The molecule has 8 aromatic carbocycles. The van der Waals surface area contributed by atoms with Crippen molar-refractivity contribution in [3.63, 3.8) is 0 Å². The van der Waals surface area contributed by atoms with Crippen molar-refractivity contribution < 1.29 is 75.4 Å². The van der Waals surface area contributed by atoms with E-state index in [-0.39, 0.29) is 31.6 Å². The van der Waals surface area contributed by atoms with Crippen molar-refractivity contribution in [3.05, 3.63) is 244 Å². The Kier molecular flexibility index (Phi) is 18.8. The first-order valence-corrected chi connectivity index (χ1v) is 32.7. The van der Waals surface area contributed by atoms with Gasteiger partial charge in [0.1, 0.15) is 46.3 Å². The standard InChI is InChI=1S/C59H71B2N4.C18HBF15O/c1-32(2)63-45(16)46(17)64(33(3)4)58(63)61-56-49(53-41(12)29-36(7)30-42(53)13)23-20-24-50(56)54-43(14)31-44(15)57-59(54,18)65(61)62-60(57)55-47(51-37(8)25-34(5)26-38(51)9)21-19-22-48(55)52-39(10)27-35(6)28-40(52)11;20-4-1(5(21)11(27)16(32)10(4)26)19(35,2-6(22)12(28)17(33)13(29)7(2)23)3-8(24)14(30)18(34)15(31)9(3)25/h19-33,57,62H,1-18H3;35H/q+1;-1/t57-,59+;/m1./s1. The van der Waals surface area contributed by atoms with Crippen molar-refractivity contribution in [3.8, 4) is 33.4 Å². The van der Waals surface area contributed by atoms with Gasteiger partial charge >= 0.3 is 6.85 Å². The summed E-state index contributed by atoms with van der Waals surface area (Å²) in [6.07, 6.45) is -3.88. The molecule has 1 aromatic heterocycles. The lowest BCUT2D eigenvalue weighted by Gasteiger charge is -2.51. The van der Waals surface area contributed by atoms with Crippen LogP contribution in [0.15, 0.2) is 90.0 Å². The van der Waals surface area contributed by atoms with Gasteiger partial charge in [0.05, 0.1) is 12.1 Å². The van der Waals surface area contributed by atoms with Crippen LogP contribution in [-0.4, -0.2) is 40.1 Å². The zero-order valence-electron chi connectivity index (χ0n) is 58.4. The van der Waals surface area contributed by atoms with Gasteiger partial charge in [0.2, 0.25) is 12.1 Å². The molecule has 1 aliphatic carbocycles. The van der Waals surface area contributed by atoms with Gasteiger partial charge in [-0.25, -0.2) is 75.0 Å². The third-order valence-corrected chi connectivity index (χ3v) is 20.7.